The van der Waals surface area contributed by atoms with Crippen molar-refractivity contribution in [1.29, 1.82) is 0 Å². The van der Waals surface area contributed by atoms with Crippen LogP contribution in [0.15, 0.2) is 59.2 Å². The lowest BCUT2D eigenvalue weighted by Gasteiger charge is -2.11. The van der Waals surface area contributed by atoms with Crippen molar-refractivity contribution in [2.24, 2.45) is 0 Å². The molecule has 0 radical (unpaired) electrons. The molecule has 0 N–H and O–H groups in total. The van der Waals surface area contributed by atoms with Gasteiger partial charge in [0.1, 0.15) is 11.5 Å². The summed E-state index contributed by atoms with van der Waals surface area (Å²) in [6.45, 7) is 0.257. The Hall–Kier alpha value is -3.68. The van der Waals surface area contributed by atoms with E-state index in [-0.39, 0.29) is 11.5 Å². The Balaban J connectivity index is 1.68. The number of Topliss-reactive ketones (excluding diaryl/α,β-unsaturated/α-hetero) is 1. The first-order valence-corrected chi connectivity index (χ1v) is 9.01. The Kier molecular flexibility index (Phi) is 6.46. The zero-order valence-corrected chi connectivity index (χ0v) is 16.3. The second-order valence-electron chi connectivity index (χ2n) is 6.37. The lowest BCUT2D eigenvalue weighted by atomic mass is 10.1. The SMILES string of the molecule is Cc1cc(C(=O)COC(=O)/C=C/c2ccco2)c(C)n1-c1ccc(OC(F)F)cc1. The molecular weight excluding hydrogens is 396 g/mol. The number of hydrogen-bond acceptors (Lipinski definition) is 5. The molecule has 0 aliphatic rings. The summed E-state index contributed by atoms with van der Waals surface area (Å²) in [5.74, 6) is -0.483. The standard InChI is InChI=1S/C22H19F2NO5/c1-14-12-19(20(26)13-29-21(27)10-9-17-4-3-11-28-17)15(2)25(14)16-5-7-18(8-6-16)30-22(23)24/h3-12,22H,13H2,1-2H3/b10-9+. The first kappa shape index (κ1) is 21.0. The third-order valence-electron chi connectivity index (χ3n) is 4.32. The van der Waals surface area contributed by atoms with Crippen LogP contribution in [0.25, 0.3) is 11.8 Å². The van der Waals surface area contributed by atoms with Crippen LogP contribution in [-0.4, -0.2) is 29.5 Å². The van der Waals surface area contributed by atoms with Gasteiger partial charge in [0.15, 0.2) is 6.61 Å². The number of aromatic nitrogens is 1. The molecule has 30 heavy (non-hydrogen) atoms. The van der Waals surface area contributed by atoms with Gasteiger partial charge in [-0.1, -0.05) is 0 Å². The fourth-order valence-electron chi connectivity index (χ4n) is 3.02. The van der Waals surface area contributed by atoms with E-state index in [1.807, 2.05) is 6.92 Å². The number of hydrogen-bond donors (Lipinski definition) is 0. The largest absolute Gasteiger partial charge is 0.465 e. The number of ketones is 1. The first-order valence-electron chi connectivity index (χ1n) is 9.01. The minimum absolute atomic E-state index is 0.0435. The molecule has 0 atom stereocenters. The van der Waals surface area contributed by atoms with Gasteiger partial charge in [0.05, 0.1) is 6.26 Å². The number of carbonyl (C=O) groups is 2. The van der Waals surface area contributed by atoms with Crippen molar-refractivity contribution in [2.75, 3.05) is 6.61 Å². The lowest BCUT2D eigenvalue weighted by molar-refractivity contribution is -0.136. The van der Waals surface area contributed by atoms with E-state index < -0.39 is 19.2 Å². The van der Waals surface area contributed by atoms with Crippen LogP contribution in [0.3, 0.4) is 0 Å². The summed E-state index contributed by atoms with van der Waals surface area (Å²) >= 11 is 0. The number of esters is 1. The molecule has 0 amide bonds. The van der Waals surface area contributed by atoms with E-state index >= 15 is 0 Å². The minimum Gasteiger partial charge on any atom is -0.465 e. The number of nitrogens with zero attached hydrogens (tertiary/aromatic N) is 1. The zero-order chi connectivity index (χ0) is 21.7. The van der Waals surface area contributed by atoms with Gasteiger partial charge in [-0.15, -0.1) is 0 Å². The summed E-state index contributed by atoms with van der Waals surface area (Å²) in [7, 11) is 0. The number of ether oxygens (including phenoxy) is 2. The molecule has 0 aliphatic carbocycles. The molecule has 3 aromatic rings. The monoisotopic (exact) mass is 415 g/mol. The molecule has 0 saturated heterocycles. The molecule has 3 rings (SSSR count). The highest BCUT2D eigenvalue weighted by Gasteiger charge is 2.18. The summed E-state index contributed by atoms with van der Waals surface area (Å²) < 4.78 is 40.8. The van der Waals surface area contributed by atoms with E-state index in [4.69, 9.17) is 9.15 Å². The molecule has 0 unspecified atom stereocenters. The van der Waals surface area contributed by atoms with E-state index in [0.717, 1.165) is 5.69 Å². The van der Waals surface area contributed by atoms with Gasteiger partial charge in [-0.05, 0) is 62.4 Å². The second-order valence-corrected chi connectivity index (χ2v) is 6.37. The van der Waals surface area contributed by atoms with Crippen LogP contribution in [0.4, 0.5) is 8.78 Å². The zero-order valence-electron chi connectivity index (χ0n) is 16.3. The van der Waals surface area contributed by atoms with Crippen molar-refractivity contribution in [1.82, 2.24) is 4.57 Å². The van der Waals surface area contributed by atoms with Crippen LogP contribution in [0.5, 0.6) is 5.75 Å². The lowest BCUT2D eigenvalue weighted by Crippen LogP contribution is -2.13. The smallest absolute Gasteiger partial charge is 0.387 e. The number of aryl methyl sites for hydroxylation is 1. The van der Waals surface area contributed by atoms with Crippen molar-refractivity contribution < 1.29 is 32.3 Å². The first-order chi connectivity index (χ1) is 14.3. The molecular formula is C22H19F2NO5. The molecule has 1 aromatic carbocycles. The van der Waals surface area contributed by atoms with Gasteiger partial charge in [0.2, 0.25) is 5.78 Å². The molecule has 156 valence electrons. The van der Waals surface area contributed by atoms with Gasteiger partial charge in [-0.25, -0.2) is 4.79 Å². The molecule has 0 spiro atoms. The quantitative estimate of drug-likeness (QED) is 0.302. The molecule has 0 fully saturated rings. The summed E-state index contributed by atoms with van der Waals surface area (Å²) in [6, 6.07) is 11.1. The molecule has 0 saturated carbocycles. The maximum Gasteiger partial charge on any atom is 0.387 e. The van der Waals surface area contributed by atoms with E-state index in [0.29, 0.717) is 22.7 Å². The van der Waals surface area contributed by atoms with Crippen LogP contribution < -0.4 is 4.74 Å². The van der Waals surface area contributed by atoms with Crippen molar-refractivity contribution in [3.8, 4) is 11.4 Å². The van der Waals surface area contributed by atoms with E-state index in [2.05, 4.69) is 4.74 Å². The number of alkyl halides is 2. The average Bonchev–Trinajstić information content (AvgIpc) is 3.33. The summed E-state index contributed by atoms with van der Waals surface area (Å²) in [4.78, 5) is 24.3. The van der Waals surface area contributed by atoms with Crippen molar-refractivity contribution in [2.45, 2.75) is 20.5 Å². The highest BCUT2D eigenvalue weighted by Crippen LogP contribution is 2.24. The topological polar surface area (TPSA) is 70.7 Å². The van der Waals surface area contributed by atoms with Gasteiger partial charge in [0, 0.05) is 28.7 Å². The maximum atomic E-state index is 12.5. The Morgan fingerprint density at radius 2 is 1.90 bits per heavy atom. The Morgan fingerprint density at radius 1 is 1.17 bits per heavy atom. The predicted octanol–water partition coefficient (Wildman–Crippen LogP) is 4.73. The van der Waals surface area contributed by atoms with Crippen LogP contribution in [0.1, 0.15) is 27.5 Å². The van der Waals surface area contributed by atoms with Gasteiger partial charge in [-0.3, -0.25) is 4.79 Å². The normalized spacial score (nSPS) is 11.2. The molecule has 6 nitrogen and oxygen atoms in total. The van der Waals surface area contributed by atoms with Gasteiger partial charge in [-0.2, -0.15) is 8.78 Å². The molecule has 2 aromatic heterocycles. The summed E-state index contributed by atoms with van der Waals surface area (Å²) in [6.07, 6.45) is 4.10. The van der Waals surface area contributed by atoms with Crippen molar-refractivity contribution in [3.05, 3.63) is 77.5 Å². The Bertz CT molecular complexity index is 1050. The fraction of sp³-hybridized carbons (Fsp3) is 0.182. The van der Waals surface area contributed by atoms with Crippen molar-refractivity contribution >= 4 is 17.8 Å². The highest BCUT2D eigenvalue weighted by molar-refractivity contribution is 6.00. The van der Waals surface area contributed by atoms with Crippen LogP contribution in [0, 0.1) is 13.8 Å². The predicted molar refractivity (Wildman–Crippen MR) is 105 cm³/mol. The summed E-state index contributed by atoms with van der Waals surface area (Å²) in [5.41, 5.74) is 2.50. The molecule has 2 heterocycles. The van der Waals surface area contributed by atoms with Gasteiger partial charge in [0.25, 0.3) is 0 Å². The van der Waals surface area contributed by atoms with E-state index in [1.54, 1.807) is 41.8 Å². The van der Waals surface area contributed by atoms with Gasteiger partial charge >= 0.3 is 12.6 Å². The minimum atomic E-state index is -2.90. The number of rotatable bonds is 8. The van der Waals surface area contributed by atoms with Crippen LogP contribution in [-0.2, 0) is 9.53 Å². The number of furan rings is 1. The second kappa shape index (κ2) is 9.21. The van der Waals surface area contributed by atoms with Gasteiger partial charge < -0.3 is 18.5 Å². The average molecular weight is 415 g/mol. The fourth-order valence-corrected chi connectivity index (χ4v) is 3.02. The van der Waals surface area contributed by atoms with Crippen LogP contribution >= 0.6 is 0 Å². The third-order valence-corrected chi connectivity index (χ3v) is 4.32. The number of benzene rings is 1. The summed E-state index contributed by atoms with van der Waals surface area (Å²) in [5, 5.41) is 0. The van der Waals surface area contributed by atoms with E-state index in [9.17, 15) is 18.4 Å². The Labute approximate surface area is 171 Å². The molecule has 8 heteroatoms. The van der Waals surface area contributed by atoms with E-state index in [1.165, 1.54) is 30.5 Å². The highest BCUT2D eigenvalue weighted by atomic mass is 19.3. The molecule has 0 aliphatic heterocycles. The maximum absolute atomic E-state index is 12.5. The molecule has 0 bridgehead atoms. The van der Waals surface area contributed by atoms with Crippen molar-refractivity contribution in [3.63, 3.8) is 0 Å². The Morgan fingerprint density at radius 3 is 2.53 bits per heavy atom. The van der Waals surface area contributed by atoms with Crippen LogP contribution in [0.2, 0.25) is 0 Å². The third kappa shape index (κ3) is 5.02. The number of halogens is 2. The number of carbonyl (C=O) groups excluding carboxylic acids is 2.